The van der Waals surface area contributed by atoms with E-state index in [1.807, 2.05) is 56.3 Å². The van der Waals surface area contributed by atoms with Gasteiger partial charge in [0.1, 0.15) is 5.75 Å². The molecule has 0 fully saturated rings. The van der Waals surface area contributed by atoms with Crippen molar-refractivity contribution in [3.8, 4) is 16.9 Å². The van der Waals surface area contributed by atoms with Gasteiger partial charge in [0.2, 0.25) is 5.91 Å². The lowest BCUT2D eigenvalue weighted by atomic mass is 10.1. The van der Waals surface area contributed by atoms with Crippen molar-refractivity contribution >= 4 is 23.4 Å². The summed E-state index contributed by atoms with van der Waals surface area (Å²) >= 11 is 6.25. The molecule has 2 aromatic carbocycles. The third-order valence-corrected chi connectivity index (χ3v) is 3.96. The summed E-state index contributed by atoms with van der Waals surface area (Å²) in [6, 6.07) is 15.3. The van der Waals surface area contributed by atoms with Gasteiger partial charge < -0.3 is 15.4 Å². The maximum Gasteiger partial charge on any atom is 0.258 e. The van der Waals surface area contributed by atoms with Crippen molar-refractivity contribution in [3.63, 3.8) is 0 Å². The first-order valence-corrected chi connectivity index (χ1v) is 8.87. The van der Waals surface area contributed by atoms with Gasteiger partial charge in [-0.1, -0.05) is 61.8 Å². The number of benzene rings is 2. The van der Waals surface area contributed by atoms with Crippen molar-refractivity contribution in [3.05, 3.63) is 53.6 Å². The van der Waals surface area contributed by atoms with E-state index >= 15 is 0 Å². The van der Waals surface area contributed by atoms with Crippen molar-refractivity contribution in [2.24, 2.45) is 5.92 Å². The summed E-state index contributed by atoms with van der Waals surface area (Å²) in [5.74, 6) is 0.0671. The summed E-state index contributed by atoms with van der Waals surface area (Å²) in [6.45, 7) is 4.22. The molecule has 0 aliphatic rings. The maximum atomic E-state index is 11.8. The Morgan fingerprint density at radius 3 is 2.35 bits per heavy atom. The number of hydrogen-bond donors (Lipinski definition) is 2. The Morgan fingerprint density at radius 2 is 1.69 bits per heavy atom. The fourth-order valence-electron chi connectivity index (χ4n) is 2.21. The Hall–Kier alpha value is -2.53. The molecule has 138 valence electrons. The highest BCUT2D eigenvalue weighted by Gasteiger charge is 2.08. The summed E-state index contributed by atoms with van der Waals surface area (Å²) in [6.07, 6.45) is 0. The molecule has 26 heavy (non-hydrogen) atoms. The summed E-state index contributed by atoms with van der Waals surface area (Å²) in [5, 5.41) is 5.86. The molecule has 2 amide bonds. The first-order chi connectivity index (χ1) is 12.5. The molecule has 0 saturated heterocycles. The first-order valence-electron chi connectivity index (χ1n) is 8.49. The van der Waals surface area contributed by atoms with Crippen molar-refractivity contribution in [2.45, 2.75) is 13.8 Å². The van der Waals surface area contributed by atoms with Crippen LogP contribution in [0.4, 0.5) is 0 Å². The average Bonchev–Trinajstić information content (AvgIpc) is 2.64. The minimum atomic E-state index is -0.271. The number of carbonyl (C=O) groups excluding carboxylic acids is 2. The SMILES string of the molecule is CC(C)C(=O)NCCNC(=O)COc1ccc(-c2ccccc2)cc1Cl. The van der Waals surface area contributed by atoms with Crippen LogP contribution in [0, 0.1) is 5.92 Å². The van der Waals surface area contributed by atoms with E-state index in [-0.39, 0.29) is 24.3 Å². The van der Waals surface area contributed by atoms with Crippen molar-refractivity contribution in [1.29, 1.82) is 0 Å². The molecule has 2 N–H and O–H groups in total. The molecule has 0 radical (unpaired) electrons. The third-order valence-electron chi connectivity index (χ3n) is 3.67. The Bertz CT molecular complexity index is 748. The number of carbonyl (C=O) groups is 2. The van der Waals surface area contributed by atoms with Crippen LogP contribution in [-0.4, -0.2) is 31.5 Å². The summed E-state index contributed by atoms with van der Waals surface area (Å²) in [5.41, 5.74) is 2.04. The number of halogens is 1. The van der Waals surface area contributed by atoms with Gasteiger partial charge >= 0.3 is 0 Å². The highest BCUT2D eigenvalue weighted by molar-refractivity contribution is 6.32. The van der Waals surface area contributed by atoms with Gasteiger partial charge in [-0.3, -0.25) is 9.59 Å². The normalized spacial score (nSPS) is 10.5. The number of rotatable bonds is 8. The predicted octanol–water partition coefficient (Wildman–Crippen LogP) is 3.27. The molecule has 2 aromatic rings. The molecule has 2 rings (SSSR count). The minimum Gasteiger partial charge on any atom is -0.482 e. The van der Waals surface area contributed by atoms with Crippen LogP contribution < -0.4 is 15.4 Å². The second-order valence-corrected chi connectivity index (χ2v) is 6.50. The second kappa shape index (κ2) is 9.82. The third kappa shape index (κ3) is 6.08. The van der Waals surface area contributed by atoms with Crippen molar-refractivity contribution in [2.75, 3.05) is 19.7 Å². The monoisotopic (exact) mass is 374 g/mol. The van der Waals surface area contributed by atoms with Crippen LogP contribution in [0.15, 0.2) is 48.5 Å². The van der Waals surface area contributed by atoms with E-state index in [0.29, 0.717) is 23.9 Å². The van der Waals surface area contributed by atoms with Crippen molar-refractivity contribution < 1.29 is 14.3 Å². The van der Waals surface area contributed by atoms with Crippen LogP contribution in [0.25, 0.3) is 11.1 Å². The Morgan fingerprint density at radius 1 is 1.00 bits per heavy atom. The van der Waals surface area contributed by atoms with Crippen LogP contribution in [0.5, 0.6) is 5.75 Å². The van der Waals surface area contributed by atoms with E-state index < -0.39 is 0 Å². The average molecular weight is 375 g/mol. The summed E-state index contributed by atoms with van der Waals surface area (Å²) in [7, 11) is 0. The van der Waals surface area contributed by atoms with Gasteiger partial charge in [0.15, 0.2) is 6.61 Å². The lowest BCUT2D eigenvalue weighted by Gasteiger charge is -2.11. The van der Waals surface area contributed by atoms with E-state index in [2.05, 4.69) is 10.6 Å². The largest absolute Gasteiger partial charge is 0.482 e. The highest BCUT2D eigenvalue weighted by atomic mass is 35.5. The predicted molar refractivity (Wildman–Crippen MR) is 103 cm³/mol. The van der Waals surface area contributed by atoms with E-state index in [0.717, 1.165) is 11.1 Å². The minimum absolute atomic E-state index is 0.0409. The van der Waals surface area contributed by atoms with Crippen molar-refractivity contribution in [1.82, 2.24) is 10.6 Å². The molecular formula is C20H23ClN2O3. The zero-order chi connectivity index (χ0) is 18.9. The van der Waals surface area contributed by atoms with Crippen LogP contribution in [-0.2, 0) is 9.59 Å². The standard InChI is InChI=1S/C20H23ClN2O3/c1-14(2)20(25)23-11-10-22-19(24)13-26-18-9-8-16(12-17(18)21)15-6-4-3-5-7-15/h3-9,12,14H,10-11,13H2,1-2H3,(H,22,24)(H,23,25). The zero-order valence-electron chi connectivity index (χ0n) is 14.9. The van der Waals surface area contributed by atoms with Crippen LogP contribution in [0.2, 0.25) is 5.02 Å². The Labute approximate surface area is 158 Å². The molecule has 0 heterocycles. The fourth-order valence-corrected chi connectivity index (χ4v) is 2.45. The van der Waals surface area contributed by atoms with Gasteiger partial charge in [-0.15, -0.1) is 0 Å². The van der Waals surface area contributed by atoms with Gasteiger partial charge in [-0.2, -0.15) is 0 Å². The van der Waals surface area contributed by atoms with Crippen LogP contribution in [0.1, 0.15) is 13.8 Å². The number of nitrogens with one attached hydrogen (secondary N) is 2. The van der Waals surface area contributed by atoms with Crippen LogP contribution in [0.3, 0.4) is 0 Å². The van der Waals surface area contributed by atoms with Gasteiger partial charge in [0.25, 0.3) is 5.91 Å². The number of amides is 2. The lowest BCUT2D eigenvalue weighted by molar-refractivity contribution is -0.125. The maximum absolute atomic E-state index is 11.8. The number of hydrogen-bond acceptors (Lipinski definition) is 3. The molecular weight excluding hydrogens is 352 g/mol. The molecule has 0 atom stereocenters. The van der Waals surface area contributed by atoms with E-state index in [1.54, 1.807) is 6.07 Å². The zero-order valence-corrected chi connectivity index (χ0v) is 15.7. The molecule has 0 bridgehead atoms. The van der Waals surface area contributed by atoms with Gasteiger partial charge in [0, 0.05) is 19.0 Å². The smallest absolute Gasteiger partial charge is 0.258 e. The first kappa shape index (κ1) is 19.8. The summed E-state index contributed by atoms with van der Waals surface area (Å²) < 4.78 is 5.47. The van der Waals surface area contributed by atoms with Gasteiger partial charge in [-0.25, -0.2) is 0 Å². The molecule has 5 nitrogen and oxygen atoms in total. The van der Waals surface area contributed by atoms with Crippen LogP contribution >= 0.6 is 11.6 Å². The quantitative estimate of drug-likeness (QED) is 0.697. The molecule has 0 unspecified atom stereocenters. The highest BCUT2D eigenvalue weighted by Crippen LogP contribution is 2.30. The molecule has 0 spiro atoms. The Balaban J connectivity index is 1.78. The summed E-state index contributed by atoms with van der Waals surface area (Å²) in [4.78, 5) is 23.2. The molecule has 0 aliphatic heterocycles. The fraction of sp³-hybridized carbons (Fsp3) is 0.300. The molecule has 0 aromatic heterocycles. The Kier molecular flexibility index (Phi) is 7.48. The van der Waals surface area contributed by atoms with E-state index in [1.165, 1.54) is 0 Å². The topological polar surface area (TPSA) is 67.4 Å². The second-order valence-electron chi connectivity index (χ2n) is 6.10. The van der Waals surface area contributed by atoms with Gasteiger partial charge in [0.05, 0.1) is 5.02 Å². The van der Waals surface area contributed by atoms with Gasteiger partial charge in [-0.05, 0) is 23.3 Å². The van der Waals surface area contributed by atoms with E-state index in [4.69, 9.17) is 16.3 Å². The number of ether oxygens (including phenoxy) is 1. The van der Waals surface area contributed by atoms with E-state index in [9.17, 15) is 9.59 Å². The molecule has 0 aliphatic carbocycles. The molecule has 0 saturated carbocycles. The lowest BCUT2D eigenvalue weighted by Crippen LogP contribution is -2.38. The molecule has 6 heteroatoms.